The average molecular weight is 186 g/mol. The Balaban J connectivity index is 0.000000720. The third kappa shape index (κ3) is 2.23. The van der Waals surface area contributed by atoms with Gasteiger partial charge >= 0.3 is 51.4 Å². The molecule has 0 atom stereocenters. The van der Waals surface area contributed by atoms with E-state index in [0.717, 1.165) is 18.8 Å². The van der Waals surface area contributed by atoms with Crippen LogP contribution < -0.4 is 56.7 Å². The predicted molar refractivity (Wildman–Crippen MR) is 46.2 cm³/mol. The van der Waals surface area contributed by atoms with Crippen molar-refractivity contribution in [1.82, 2.24) is 5.32 Å². The molecule has 0 radical (unpaired) electrons. The van der Waals surface area contributed by atoms with Crippen molar-refractivity contribution >= 4 is 6.21 Å². The largest absolute Gasteiger partial charge is 1.00 e. The standard InChI is InChI=1S/C9H11N2.K/c1-7-2-3-8-4-5-10-9(8)11-6-7;/h2-3,6,10H,4-5H2,1H3;/q-1;+1. The summed E-state index contributed by atoms with van der Waals surface area (Å²) in [6.07, 6.45) is 7.27. The molecular formula is C9H11KN2. The van der Waals surface area contributed by atoms with E-state index in [4.69, 9.17) is 0 Å². The molecular weight excluding hydrogens is 175 g/mol. The molecule has 2 nitrogen and oxygen atoms in total. The number of aliphatic imine (C=N–C) groups is 1. The van der Waals surface area contributed by atoms with Crippen LogP contribution in [-0.2, 0) is 0 Å². The van der Waals surface area contributed by atoms with Gasteiger partial charge in [-0.15, -0.1) is 6.92 Å². The van der Waals surface area contributed by atoms with Crippen LogP contribution in [0.5, 0.6) is 0 Å². The molecule has 2 rings (SSSR count). The van der Waals surface area contributed by atoms with Crippen molar-refractivity contribution in [3.8, 4) is 0 Å². The summed E-state index contributed by atoms with van der Waals surface area (Å²) in [5, 5.41) is 3.24. The minimum Gasteiger partial charge on any atom is -0.371 e. The maximum absolute atomic E-state index is 4.31. The zero-order chi connectivity index (χ0) is 7.68. The summed E-state index contributed by atoms with van der Waals surface area (Å²) < 4.78 is 0. The number of hydrogen-bond donors (Lipinski definition) is 1. The Kier molecular flexibility index (Phi) is 4.06. The Morgan fingerprint density at radius 2 is 2.42 bits per heavy atom. The summed E-state index contributed by atoms with van der Waals surface area (Å²) in [7, 11) is 0. The Morgan fingerprint density at radius 1 is 1.58 bits per heavy atom. The van der Waals surface area contributed by atoms with Crippen LogP contribution >= 0.6 is 0 Å². The second-order valence-electron chi connectivity index (χ2n) is 2.89. The van der Waals surface area contributed by atoms with Gasteiger partial charge in [0.1, 0.15) is 5.82 Å². The van der Waals surface area contributed by atoms with Gasteiger partial charge in [-0.3, -0.25) is 4.99 Å². The minimum atomic E-state index is 0. The molecule has 0 aromatic heterocycles. The zero-order valence-electron chi connectivity index (χ0n) is 7.59. The molecule has 58 valence electrons. The van der Waals surface area contributed by atoms with Gasteiger partial charge in [-0.2, -0.15) is 5.92 Å². The summed E-state index contributed by atoms with van der Waals surface area (Å²) in [4.78, 5) is 4.31. The Morgan fingerprint density at radius 3 is 3.25 bits per heavy atom. The normalized spacial score (nSPS) is 19.9. The van der Waals surface area contributed by atoms with Crippen LogP contribution in [0, 0.1) is 5.92 Å². The van der Waals surface area contributed by atoms with Crippen LogP contribution in [0.25, 0.3) is 0 Å². The van der Waals surface area contributed by atoms with Crippen LogP contribution in [-0.4, -0.2) is 12.8 Å². The first-order valence-electron chi connectivity index (χ1n) is 3.89. The molecule has 0 amide bonds. The predicted octanol–water partition coefficient (Wildman–Crippen LogP) is -1.57. The van der Waals surface area contributed by atoms with Gasteiger partial charge in [0.2, 0.25) is 0 Å². The first-order valence-corrected chi connectivity index (χ1v) is 3.89. The van der Waals surface area contributed by atoms with Gasteiger partial charge < -0.3 is 5.32 Å². The number of nitrogens with zero attached hydrogens (tertiary/aromatic N) is 1. The van der Waals surface area contributed by atoms with E-state index in [9.17, 15) is 0 Å². The fraction of sp³-hybridized carbons (Fsp3) is 0.333. The number of nitrogens with one attached hydrogen (secondary N) is 1. The molecule has 0 bridgehead atoms. The topological polar surface area (TPSA) is 24.4 Å². The van der Waals surface area contributed by atoms with Crippen molar-refractivity contribution < 1.29 is 51.4 Å². The maximum Gasteiger partial charge on any atom is 1.00 e. The van der Waals surface area contributed by atoms with Crippen molar-refractivity contribution in [1.29, 1.82) is 0 Å². The van der Waals surface area contributed by atoms with Gasteiger partial charge in [0, 0.05) is 6.54 Å². The monoisotopic (exact) mass is 186 g/mol. The van der Waals surface area contributed by atoms with Gasteiger partial charge in [-0.25, -0.2) is 12.2 Å². The van der Waals surface area contributed by atoms with Crippen molar-refractivity contribution in [2.24, 2.45) is 4.99 Å². The molecule has 0 saturated carbocycles. The molecule has 0 aromatic carbocycles. The van der Waals surface area contributed by atoms with E-state index < -0.39 is 0 Å². The molecule has 12 heavy (non-hydrogen) atoms. The van der Waals surface area contributed by atoms with Crippen LogP contribution in [0.3, 0.4) is 0 Å². The van der Waals surface area contributed by atoms with E-state index in [2.05, 4.69) is 29.4 Å². The van der Waals surface area contributed by atoms with E-state index in [1.807, 2.05) is 6.21 Å². The summed E-state index contributed by atoms with van der Waals surface area (Å²) in [6, 6.07) is 0. The van der Waals surface area contributed by atoms with Gasteiger partial charge in [0.25, 0.3) is 0 Å². The molecule has 2 aliphatic heterocycles. The fourth-order valence-corrected chi connectivity index (χ4v) is 1.28. The van der Waals surface area contributed by atoms with Crippen molar-refractivity contribution in [3.05, 3.63) is 29.5 Å². The van der Waals surface area contributed by atoms with Gasteiger partial charge in [-0.05, 0) is 12.6 Å². The minimum absolute atomic E-state index is 0. The van der Waals surface area contributed by atoms with Crippen LogP contribution in [0.1, 0.15) is 13.3 Å². The van der Waals surface area contributed by atoms with E-state index in [1.54, 1.807) is 0 Å². The number of rotatable bonds is 0. The molecule has 0 aromatic rings. The quantitative estimate of drug-likeness (QED) is 0.359. The Hall–Kier alpha value is 0.456. The summed E-state index contributed by atoms with van der Waals surface area (Å²) in [6.45, 7) is 3.09. The van der Waals surface area contributed by atoms with E-state index in [1.165, 1.54) is 11.5 Å². The SMILES string of the molecule is C[C-]1C=CC2=C(N=C1)NCC2.[K+]. The van der Waals surface area contributed by atoms with E-state index in [-0.39, 0.29) is 51.4 Å². The summed E-state index contributed by atoms with van der Waals surface area (Å²) in [5.74, 6) is 2.26. The van der Waals surface area contributed by atoms with Crippen LogP contribution in [0.4, 0.5) is 0 Å². The Labute approximate surface area is 116 Å². The number of allylic oxidation sites excluding steroid dienone is 2. The molecule has 0 fully saturated rings. The third-order valence-electron chi connectivity index (χ3n) is 1.94. The first-order chi connectivity index (χ1) is 5.36. The molecule has 3 heteroatoms. The van der Waals surface area contributed by atoms with E-state index in [0.29, 0.717) is 0 Å². The average Bonchev–Trinajstić information content (AvgIpc) is 2.38. The Bertz CT molecular complexity index is 229. The molecule has 0 saturated heterocycles. The first kappa shape index (κ1) is 10.5. The van der Waals surface area contributed by atoms with Gasteiger partial charge in [-0.1, -0.05) is 5.57 Å². The number of hydrogen-bond acceptors (Lipinski definition) is 2. The van der Waals surface area contributed by atoms with Gasteiger partial charge in [0.05, 0.1) is 0 Å². The molecule has 2 aliphatic rings. The third-order valence-corrected chi connectivity index (χ3v) is 1.94. The zero-order valence-corrected chi connectivity index (χ0v) is 10.7. The second-order valence-corrected chi connectivity index (χ2v) is 2.89. The molecule has 0 aliphatic carbocycles. The molecule has 1 N–H and O–H groups in total. The summed E-state index contributed by atoms with van der Waals surface area (Å²) in [5.41, 5.74) is 1.33. The fourth-order valence-electron chi connectivity index (χ4n) is 1.28. The van der Waals surface area contributed by atoms with Gasteiger partial charge in [0.15, 0.2) is 0 Å². The van der Waals surface area contributed by atoms with Crippen LogP contribution in [0.2, 0.25) is 0 Å². The van der Waals surface area contributed by atoms with Crippen molar-refractivity contribution in [2.45, 2.75) is 13.3 Å². The molecule has 0 spiro atoms. The van der Waals surface area contributed by atoms with Crippen LogP contribution in [0.15, 0.2) is 28.5 Å². The smallest absolute Gasteiger partial charge is 0.371 e. The molecule has 0 unspecified atom stereocenters. The molecule has 2 heterocycles. The summed E-state index contributed by atoms with van der Waals surface area (Å²) >= 11 is 0. The van der Waals surface area contributed by atoms with E-state index >= 15 is 0 Å². The maximum atomic E-state index is 4.31. The van der Waals surface area contributed by atoms with Crippen molar-refractivity contribution in [2.75, 3.05) is 6.54 Å². The van der Waals surface area contributed by atoms with Crippen molar-refractivity contribution in [3.63, 3.8) is 0 Å². The second kappa shape index (κ2) is 4.63.